The van der Waals surface area contributed by atoms with Crippen molar-refractivity contribution in [3.63, 3.8) is 0 Å². The third-order valence-electron chi connectivity index (χ3n) is 4.05. The number of hydrogen-bond acceptors (Lipinski definition) is 4. The monoisotopic (exact) mass is 299 g/mol. The van der Waals surface area contributed by atoms with Crippen LogP contribution in [0.5, 0.6) is 0 Å². The van der Waals surface area contributed by atoms with Crippen LogP contribution in [0.1, 0.15) is 12.2 Å². The second-order valence-corrected chi connectivity index (χ2v) is 5.76. The molecule has 0 atom stereocenters. The van der Waals surface area contributed by atoms with Gasteiger partial charge >= 0.3 is 0 Å². The zero-order valence-corrected chi connectivity index (χ0v) is 12.8. The summed E-state index contributed by atoms with van der Waals surface area (Å²) in [5.74, 6) is 1.27. The summed E-state index contributed by atoms with van der Waals surface area (Å²) in [7, 11) is 1.87. The fourth-order valence-electron chi connectivity index (χ4n) is 2.55. The molecule has 0 radical (unpaired) electrons. The molecule has 2 heterocycles. The molecule has 0 spiro atoms. The van der Waals surface area contributed by atoms with Crippen molar-refractivity contribution in [2.75, 3.05) is 26.7 Å². The lowest BCUT2D eigenvalue weighted by atomic mass is 10.0. The van der Waals surface area contributed by atoms with Crippen molar-refractivity contribution in [1.82, 2.24) is 15.4 Å². The van der Waals surface area contributed by atoms with Gasteiger partial charge in [-0.1, -0.05) is 35.5 Å². The molecule has 5 nitrogen and oxygen atoms in total. The molecule has 22 heavy (non-hydrogen) atoms. The van der Waals surface area contributed by atoms with Gasteiger partial charge in [-0.25, -0.2) is 0 Å². The number of aromatic nitrogens is 1. The molecule has 0 bridgehead atoms. The third kappa shape index (κ3) is 3.36. The molecule has 1 saturated heterocycles. The summed E-state index contributed by atoms with van der Waals surface area (Å²) in [6, 6.07) is 12.0. The molecular weight excluding hydrogens is 278 g/mol. The Morgan fingerprint density at radius 2 is 2.14 bits per heavy atom. The van der Waals surface area contributed by atoms with E-state index in [1.54, 1.807) is 0 Å². The molecule has 1 aliphatic rings. The lowest BCUT2D eigenvalue weighted by molar-refractivity contribution is -0.135. The summed E-state index contributed by atoms with van der Waals surface area (Å²) in [5.41, 5.74) is 1.92. The van der Waals surface area contributed by atoms with Crippen molar-refractivity contribution in [2.24, 2.45) is 5.92 Å². The molecule has 0 saturated carbocycles. The van der Waals surface area contributed by atoms with E-state index in [1.807, 2.05) is 48.3 Å². The molecule has 1 fully saturated rings. The Morgan fingerprint density at radius 3 is 2.82 bits per heavy atom. The highest BCUT2D eigenvalue weighted by Crippen LogP contribution is 2.19. The van der Waals surface area contributed by atoms with Crippen LogP contribution < -0.4 is 5.32 Å². The topological polar surface area (TPSA) is 58.4 Å². The van der Waals surface area contributed by atoms with E-state index in [0.717, 1.165) is 49.5 Å². The number of carbonyl (C=O) groups excluding carboxylic acids is 1. The van der Waals surface area contributed by atoms with E-state index in [4.69, 9.17) is 4.52 Å². The minimum atomic E-state index is 0.167. The van der Waals surface area contributed by atoms with E-state index >= 15 is 0 Å². The Kier molecular flexibility index (Phi) is 4.53. The number of aryl methyl sites for hydroxylation is 1. The first-order valence-electron chi connectivity index (χ1n) is 7.71. The molecule has 0 aliphatic carbocycles. The molecule has 116 valence electrons. The van der Waals surface area contributed by atoms with E-state index in [1.165, 1.54) is 0 Å². The molecule has 1 aliphatic heterocycles. The summed E-state index contributed by atoms with van der Waals surface area (Å²) < 4.78 is 5.38. The Hall–Kier alpha value is -2.14. The first-order chi connectivity index (χ1) is 10.7. The fraction of sp³-hybridized carbons (Fsp3) is 0.412. The van der Waals surface area contributed by atoms with Crippen LogP contribution in [0, 0.1) is 5.92 Å². The summed E-state index contributed by atoms with van der Waals surface area (Å²) in [4.78, 5) is 13.8. The van der Waals surface area contributed by atoms with E-state index in [2.05, 4.69) is 10.5 Å². The summed E-state index contributed by atoms with van der Waals surface area (Å²) >= 11 is 0. The van der Waals surface area contributed by atoms with Crippen LogP contribution in [0.25, 0.3) is 11.3 Å². The van der Waals surface area contributed by atoms with Gasteiger partial charge in [0.1, 0.15) is 11.5 Å². The quantitative estimate of drug-likeness (QED) is 0.886. The summed E-state index contributed by atoms with van der Waals surface area (Å²) in [6.07, 6.45) is 1.67. The van der Waals surface area contributed by atoms with Crippen molar-refractivity contribution < 1.29 is 9.32 Å². The van der Waals surface area contributed by atoms with Crippen molar-refractivity contribution in [1.29, 1.82) is 0 Å². The highest BCUT2D eigenvalue weighted by atomic mass is 16.5. The standard InChI is InChI=1S/C17H21N3O2/c1-20(17(21)14-11-18-12-14)9-5-8-15-10-16(19-22-15)13-6-3-2-4-7-13/h2-4,6-7,10,14,18H,5,8-9,11-12H2,1H3. The SMILES string of the molecule is CN(CCCc1cc(-c2ccccc2)no1)C(=O)C1CNC1. The minimum absolute atomic E-state index is 0.167. The predicted octanol–water partition coefficient (Wildman–Crippen LogP) is 1.95. The second-order valence-electron chi connectivity index (χ2n) is 5.76. The van der Waals surface area contributed by atoms with Crippen LogP contribution in [0.3, 0.4) is 0 Å². The number of nitrogens with one attached hydrogen (secondary N) is 1. The van der Waals surface area contributed by atoms with Crippen LogP contribution in [0.15, 0.2) is 40.9 Å². The van der Waals surface area contributed by atoms with Gasteiger partial charge in [0.25, 0.3) is 0 Å². The first-order valence-corrected chi connectivity index (χ1v) is 7.71. The molecular formula is C17H21N3O2. The molecule has 0 unspecified atom stereocenters. The molecule has 1 aromatic heterocycles. The Bertz CT molecular complexity index is 620. The van der Waals surface area contributed by atoms with Gasteiger partial charge in [0, 0.05) is 44.7 Å². The fourth-order valence-corrected chi connectivity index (χ4v) is 2.55. The summed E-state index contributed by atoms with van der Waals surface area (Å²) in [5, 5.41) is 7.23. The van der Waals surface area contributed by atoms with Crippen LogP contribution in [0.4, 0.5) is 0 Å². The molecule has 1 N–H and O–H groups in total. The number of amides is 1. The Balaban J connectivity index is 1.48. The predicted molar refractivity (Wildman–Crippen MR) is 84.3 cm³/mol. The molecule has 5 heteroatoms. The van der Waals surface area contributed by atoms with Gasteiger partial charge in [-0.15, -0.1) is 0 Å². The highest BCUT2D eigenvalue weighted by Gasteiger charge is 2.27. The minimum Gasteiger partial charge on any atom is -0.361 e. The van der Waals surface area contributed by atoms with Crippen molar-refractivity contribution in [3.8, 4) is 11.3 Å². The first kappa shape index (κ1) is 14.8. The zero-order valence-electron chi connectivity index (χ0n) is 12.8. The maximum absolute atomic E-state index is 12.0. The van der Waals surface area contributed by atoms with E-state index < -0.39 is 0 Å². The molecule has 1 amide bonds. The van der Waals surface area contributed by atoms with Crippen LogP contribution in [0.2, 0.25) is 0 Å². The molecule has 1 aromatic carbocycles. The normalized spacial score (nSPS) is 14.6. The van der Waals surface area contributed by atoms with Gasteiger partial charge in [0.15, 0.2) is 0 Å². The maximum Gasteiger partial charge on any atom is 0.227 e. The number of benzene rings is 1. The van der Waals surface area contributed by atoms with Gasteiger partial charge < -0.3 is 14.7 Å². The van der Waals surface area contributed by atoms with E-state index in [0.29, 0.717) is 0 Å². The van der Waals surface area contributed by atoms with Crippen molar-refractivity contribution in [3.05, 3.63) is 42.2 Å². The lowest BCUT2D eigenvalue weighted by Crippen LogP contribution is -2.51. The number of carbonyl (C=O) groups is 1. The van der Waals surface area contributed by atoms with Crippen LogP contribution in [-0.4, -0.2) is 42.6 Å². The third-order valence-corrected chi connectivity index (χ3v) is 4.05. The number of nitrogens with zero attached hydrogens (tertiary/aromatic N) is 2. The van der Waals surface area contributed by atoms with Crippen molar-refractivity contribution in [2.45, 2.75) is 12.8 Å². The highest BCUT2D eigenvalue weighted by molar-refractivity contribution is 5.79. The molecule has 2 aromatic rings. The lowest BCUT2D eigenvalue weighted by Gasteiger charge is -2.30. The Labute approximate surface area is 130 Å². The summed E-state index contributed by atoms with van der Waals surface area (Å²) in [6.45, 7) is 2.37. The van der Waals surface area contributed by atoms with Crippen LogP contribution >= 0.6 is 0 Å². The van der Waals surface area contributed by atoms with E-state index in [9.17, 15) is 4.79 Å². The maximum atomic E-state index is 12.0. The average Bonchev–Trinajstić information content (AvgIpc) is 2.95. The van der Waals surface area contributed by atoms with Gasteiger partial charge in [-0.3, -0.25) is 4.79 Å². The van der Waals surface area contributed by atoms with Gasteiger partial charge in [0.2, 0.25) is 5.91 Å². The Morgan fingerprint density at radius 1 is 1.36 bits per heavy atom. The zero-order chi connectivity index (χ0) is 15.4. The second kappa shape index (κ2) is 6.75. The van der Waals surface area contributed by atoms with Crippen molar-refractivity contribution >= 4 is 5.91 Å². The van der Waals surface area contributed by atoms with E-state index in [-0.39, 0.29) is 11.8 Å². The van der Waals surface area contributed by atoms with Gasteiger partial charge in [-0.05, 0) is 6.42 Å². The number of hydrogen-bond donors (Lipinski definition) is 1. The average molecular weight is 299 g/mol. The number of rotatable bonds is 6. The van der Waals surface area contributed by atoms with Crippen LogP contribution in [-0.2, 0) is 11.2 Å². The smallest absolute Gasteiger partial charge is 0.227 e. The van der Waals surface area contributed by atoms with Gasteiger partial charge in [-0.2, -0.15) is 0 Å². The largest absolute Gasteiger partial charge is 0.361 e. The van der Waals surface area contributed by atoms with Gasteiger partial charge in [0.05, 0.1) is 5.92 Å². The molecule has 3 rings (SSSR count).